The first kappa shape index (κ1) is 20.4. The molecular weight excluding hydrogens is 440 g/mol. The van der Waals surface area contributed by atoms with Gasteiger partial charge in [0.1, 0.15) is 17.4 Å². The van der Waals surface area contributed by atoms with Crippen molar-refractivity contribution < 1.29 is 18.3 Å². The molecule has 0 bridgehead atoms. The van der Waals surface area contributed by atoms with Crippen molar-refractivity contribution in [2.45, 2.75) is 56.7 Å². The second-order valence-electron chi connectivity index (χ2n) is 7.20. The zero-order valence-electron chi connectivity index (χ0n) is 15.1. The monoisotopic (exact) mass is 461 g/mol. The highest BCUT2D eigenvalue weighted by atomic mass is 79.9. The Labute approximate surface area is 169 Å². The molecule has 2 unspecified atom stereocenters. The first-order valence-electron chi connectivity index (χ1n) is 8.73. The molecule has 1 spiro atoms. The van der Waals surface area contributed by atoms with Gasteiger partial charge in [0.05, 0.1) is 0 Å². The van der Waals surface area contributed by atoms with E-state index in [1.54, 1.807) is 6.92 Å². The predicted molar refractivity (Wildman–Crippen MR) is 106 cm³/mol. The van der Waals surface area contributed by atoms with E-state index in [9.17, 15) is 13.6 Å². The fourth-order valence-electron chi connectivity index (χ4n) is 3.41. The van der Waals surface area contributed by atoms with Gasteiger partial charge >= 0.3 is 5.92 Å². The lowest BCUT2D eigenvalue weighted by Crippen LogP contribution is -2.43. The summed E-state index contributed by atoms with van der Waals surface area (Å²) >= 11 is 5.02. The van der Waals surface area contributed by atoms with E-state index >= 15 is 0 Å². The van der Waals surface area contributed by atoms with Gasteiger partial charge in [0, 0.05) is 35.2 Å². The average molecular weight is 462 g/mol. The summed E-state index contributed by atoms with van der Waals surface area (Å²) in [6.07, 6.45) is 1.68. The molecule has 9 heteroatoms. The van der Waals surface area contributed by atoms with Crippen LogP contribution in [-0.4, -0.2) is 34.9 Å². The van der Waals surface area contributed by atoms with Crippen molar-refractivity contribution in [1.29, 1.82) is 0 Å². The SMILES string of the molecule is CC(CC[C@H]1CC2(CSC(N)=N2)c2cc(Br)ccc2O1)NC(=O)C(C)(F)F. The highest BCUT2D eigenvalue weighted by molar-refractivity contribution is 9.10. The Morgan fingerprint density at radius 2 is 2.33 bits per heavy atom. The number of benzene rings is 1. The van der Waals surface area contributed by atoms with Gasteiger partial charge in [0.15, 0.2) is 5.17 Å². The van der Waals surface area contributed by atoms with E-state index in [0.29, 0.717) is 31.4 Å². The Morgan fingerprint density at radius 1 is 1.59 bits per heavy atom. The van der Waals surface area contributed by atoms with E-state index in [1.165, 1.54) is 11.8 Å². The summed E-state index contributed by atoms with van der Waals surface area (Å²) in [5, 5.41) is 2.91. The summed E-state index contributed by atoms with van der Waals surface area (Å²) < 4.78 is 33.2. The molecule has 2 heterocycles. The number of carbonyl (C=O) groups excluding carboxylic acids is 1. The van der Waals surface area contributed by atoms with Crippen molar-refractivity contribution >= 4 is 38.8 Å². The Kier molecular flexibility index (Phi) is 5.72. The summed E-state index contributed by atoms with van der Waals surface area (Å²) in [6.45, 7) is 2.31. The zero-order chi connectivity index (χ0) is 19.8. The lowest BCUT2D eigenvalue weighted by atomic mass is 9.82. The third-order valence-corrected chi connectivity index (χ3v) is 6.29. The molecule has 0 fully saturated rings. The van der Waals surface area contributed by atoms with E-state index < -0.39 is 17.4 Å². The zero-order valence-corrected chi connectivity index (χ0v) is 17.5. The molecule has 0 aliphatic carbocycles. The van der Waals surface area contributed by atoms with E-state index in [2.05, 4.69) is 21.2 Å². The van der Waals surface area contributed by atoms with Crippen LogP contribution in [0.5, 0.6) is 5.75 Å². The van der Waals surface area contributed by atoms with Crippen LogP contribution in [0.1, 0.15) is 38.7 Å². The van der Waals surface area contributed by atoms with Crippen LogP contribution in [0.3, 0.4) is 0 Å². The number of halogens is 3. The first-order chi connectivity index (χ1) is 12.6. The molecule has 1 aromatic carbocycles. The third-order valence-electron chi connectivity index (χ3n) is 4.78. The number of hydrogen-bond donors (Lipinski definition) is 2. The standard InChI is InChI=1S/C18H22BrF2N3O2S/c1-10(23-15(25)17(2,20)21)3-5-12-8-18(9-27-16(22)24-18)13-7-11(19)4-6-14(13)26-12/h4,6-7,10,12H,3,5,8-9H2,1-2H3,(H2,22,24)(H,23,25)/t10?,12-,18?/m0/s1. The van der Waals surface area contributed by atoms with Crippen LogP contribution >= 0.6 is 27.7 Å². The third kappa shape index (κ3) is 4.56. The lowest BCUT2D eigenvalue weighted by molar-refractivity contribution is -0.143. The quantitative estimate of drug-likeness (QED) is 0.698. The number of ether oxygens (including phenoxy) is 1. The molecule has 5 nitrogen and oxygen atoms in total. The Morgan fingerprint density at radius 3 is 2.96 bits per heavy atom. The van der Waals surface area contributed by atoms with Crippen molar-refractivity contribution in [3.05, 3.63) is 28.2 Å². The highest BCUT2D eigenvalue weighted by Gasteiger charge is 2.45. The van der Waals surface area contributed by atoms with Crippen LogP contribution in [0.2, 0.25) is 0 Å². The van der Waals surface area contributed by atoms with Gasteiger partial charge in [-0.3, -0.25) is 9.79 Å². The highest BCUT2D eigenvalue weighted by Crippen LogP contribution is 2.48. The number of nitrogens with one attached hydrogen (secondary N) is 1. The van der Waals surface area contributed by atoms with Crippen LogP contribution in [-0.2, 0) is 10.3 Å². The van der Waals surface area contributed by atoms with Crippen molar-refractivity contribution in [3.8, 4) is 5.75 Å². The van der Waals surface area contributed by atoms with Crippen molar-refractivity contribution in [3.63, 3.8) is 0 Å². The lowest BCUT2D eigenvalue weighted by Gasteiger charge is -2.38. The molecule has 2 aliphatic heterocycles. The molecule has 3 N–H and O–H groups in total. The largest absolute Gasteiger partial charge is 0.490 e. The van der Waals surface area contributed by atoms with E-state index in [-0.39, 0.29) is 12.1 Å². The summed E-state index contributed by atoms with van der Waals surface area (Å²) in [5.41, 5.74) is 6.52. The van der Waals surface area contributed by atoms with E-state index in [1.807, 2.05) is 18.2 Å². The number of amides is 1. The van der Waals surface area contributed by atoms with Gasteiger partial charge in [-0.25, -0.2) is 0 Å². The van der Waals surface area contributed by atoms with Crippen molar-refractivity contribution in [2.75, 3.05) is 5.75 Å². The van der Waals surface area contributed by atoms with E-state index in [4.69, 9.17) is 15.5 Å². The van der Waals surface area contributed by atoms with Crippen LogP contribution in [0.4, 0.5) is 8.78 Å². The van der Waals surface area contributed by atoms with Gasteiger partial charge in [-0.1, -0.05) is 27.7 Å². The number of aliphatic imine (C=N–C) groups is 1. The second kappa shape index (κ2) is 7.58. The number of amidine groups is 1. The van der Waals surface area contributed by atoms with Gasteiger partial charge in [-0.2, -0.15) is 8.78 Å². The molecule has 1 amide bonds. The summed E-state index contributed by atoms with van der Waals surface area (Å²) in [6, 6.07) is 5.46. The maximum atomic E-state index is 13.0. The van der Waals surface area contributed by atoms with Crippen LogP contribution in [0.25, 0.3) is 0 Å². The topological polar surface area (TPSA) is 76.7 Å². The summed E-state index contributed by atoms with van der Waals surface area (Å²) in [4.78, 5) is 16.1. The number of nitrogens with zero attached hydrogens (tertiary/aromatic N) is 1. The molecular formula is C18H22BrF2N3O2S. The smallest absolute Gasteiger partial charge is 0.321 e. The molecule has 3 atom stereocenters. The predicted octanol–water partition coefficient (Wildman–Crippen LogP) is 3.80. The normalized spacial score (nSPS) is 25.5. The minimum absolute atomic E-state index is 0.129. The minimum atomic E-state index is -3.38. The number of carbonyl (C=O) groups is 1. The molecule has 2 aliphatic rings. The molecule has 148 valence electrons. The molecule has 27 heavy (non-hydrogen) atoms. The second-order valence-corrected chi connectivity index (χ2v) is 9.11. The number of hydrogen-bond acceptors (Lipinski definition) is 5. The Hall–Kier alpha value is -1.35. The van der Waals surface area contributed by atoms with Crippen LogP contribution in [0.15, 0.2) is 27.7 Å². The fourth-order valence-corrected chi connectivity index (χ4v) is 4.73. The number of alkyl halides is 2. The summed E-state index contributed by atoms with van der Waals surface area (Å²) in [5.74, 6) is -3.11. The number of fused-ring (bicyclic) bond motifs is 2. The van der Waals surface area contributed by atoms with Gasteiger partial charge in [-0.15, -0.1) is 0 Å². The molecule has 0 aromatic heterocycles. The number of rotatable bonds is 5. The fraction of sp³-hybridized carbons (Fsp3) is 0.556. The molecule has 1 aromatic rings. The minimum Gasteiger partial charge on any atom is -0.490 e. The van der Waals surface area contributed by atoms with Crippen LogP contribution in [0, 0.1) is 0 Å². The maximum absolute atomic E-state index is 13.0. The average Bonchev–Trinajstić information content (AvgIpc) is 2.94. The van der Waals surface area contributed by atoms with Gasteiger partial charge in [-0.05, 0) is 38.0 Å². The molecule has 0 radical (unpaired) electrons. The van der Waals surface area contributed by atoms with E-state index in [0.717, 1.165) is 21.5 Å². The van der Waals surface area contributed by atoms with Crippen LogP contribution < -0.4 is 15.8 Å². The molecule has 0 saturated carbocycles. The van der Waals surface area contributed by atoms with Gasteiger partial charge in [0.25, 0.3) is 5.91 Å². The molecule has 0 saturated heterocycles. The summed E-state index contributed by atoms with van der Waals surface area (Å²) in [7, 11) is 0. The Bertz CT molecular complexity index is 771. The number of nitrogens with two attached hydrogens (primary N) is 1. The van der Waals surface area contributed by atoms with Crippen molar-refractivity contribution in [2.24, 2.45) is 10.7 Å². The van der Waals surface area contributed by atoms with Gasteiger partial charge in [0.2, 0.25) is 0 Å². The Balaban J connectivity index is 1.70. The maximum Gasteiger partial charge on any atom is 0.321 e. The number of thioether (sulfide) groups is 1. The molecule has 3 rings (SSSR count). The van der Waals surface area contributed by atoms with Gasteiger partial charge < -0.3 is 15.8 Å². The van der Waals surface area contributed by atoms with Crippen molar-refractivity contribution in [1.82, 2.24) is 5.32 Å². The first-order valence-corrected chi connectivity index (χ1v) is 10.5.